The van der Waals surface area contributed by atoms with Gasteiger partial charge in [-0.15, -0.1) is 0 Å². The lowest BCUT2D eigenvalue weighted by Crippen LogP contribution is -2.17. The van der Waals surface area contributed by atoms with Gasteiger partial charge in [0, 0.05) is 22.6 Å². The fourth-order valence-corrected chi connectivity index (χ4v) is 4.40. The highest BCUT2D eigenvalue weighted by Gasteiger charge is 2.23. The zero-order valence-corrected chi connectivity index (χ0v) is 18.1. The smallest absolute Gasteiger partial charge is 0.263 e. The van der Waals surface area contributed by atoms with Crippen molar-refractivity contribution in [3.05, 3.63) is 87.8 Å². The molecule has 1 aliphatic rings. The Morgan fingerprint density at radius 2 is 1.90 bits per heavy atom. The molecule has 152 valence electrons. The van der Waals surface area contributed by atoms with Gasteiger partial charge >= 0.3 is 0 Å². The van der Waals surface area contributed by atoms with Gasteiger partial charge in [-0.25, -0.2) is 4.39 Å². The summed E-state index contributed by atoms with van der Waals surface area (Å²) in [5, 5.41) is 2.64. The van der Waals surface area contributed by atoms with Crippen LogP contribution in [0.1, 0.15) is 22.5 Å². The number of rotatable bonds is 5. The van der Waals surface area contributed by atoms with Crippen molar-refractivity contribution in [2.24, 2.45) is 0 Å². The Labute approximate surface area is 183 Å². The quantitative estimate of drug-likeness (QED) is 0.434. The van der Waals surface area contributed by atoms with Crippen LogP contribution in [0.5, 0.6) is 5.75 Å². The first-order chi connectivity index (χ1) is 14.4. The van der Waals surface area contributed by atoms with Gasteiger partial charge in [0.05, 0.1) is 4.91 Å². The van der Waals surface area contributed by atoms with Crippen molar-refractivity contribution in [3.8, 4) is 11.4 Å². The molecule has 7 heteroatoms. The van der Waals surface area contributed by atoms with Crippen LogP contribution >= 0.6 is 24.0 Å². The van der Waals surface area contributed by atoms with Gasteiger partial charge in [0.2, 0.25) is 0 Å². The van der Waals surface area contributed by atoms with E-state index in [9.17, 15) is 9.18 Å². The molecule has 30 heavy (non-hydrogen) atoms. The first-order valence-electron chi connectivity index (χ1n) is 9.33. The second kappa shape index (κ2) is 8.45. The van der Waals surface area contributed by atoms with Crippen LogP contribution < -0.4 is 10.1 Å². The maximum Gasteiger partial charge on any atom is 0.263 e. The van der Waals surface area contributed by atoms with Gasteiger partial charge < -0.3 is 14.6 Å². The van der Waals surface area contributed by atoms with Gasteiger partial charge in [0.15, 0.2) is 0 Å². The van der Waals surface area contributed by atoms with Crippen molar-refractivity contribution in [2.75, 3.05) is 0 Å². The summed E-state index contributed by atoms with van der Waals surface area (Å²) in [6.07, 6.45) is 1.87. The molecule has 1 aliphatic heterocycles. The van der Waals surface area contributed by atoms with E-state index in [0.29, 0.717) is 20.5 Å². The first-order valence-corrected chi connectivity index (χ1v) is 10.6. The molecular formula is C23H19FN2O2S2. The maximum absolute atomic E-state index is 13.7. The monoisotopic (exact) mass is 438 g/mol. The van der Waals surface area contributed by atoms with Crippen LogP contribution in [0.25, 0.3) is 11.8 Å². The third kappa shape index (κ3) is 4.17. The largest absolute Gasteiger partial charge is 0.489 e. The summed E-state index contributed by atoms with van der Waals surface area (Å²) in [5.74, 6) is 0.231. The van der Waals surface area contributed by atoms with E-state index >= 15 is 0 Å². The summed E-state index contributed by atoms with van der Waals surface area (Å²) in [4.78, 5) is 12.5. The Kier molecular flexibility index (Phi) is 5.74. The van der Waals surface area contributed by atoms with E-state index in [0.717, 1.165) is 22.6 Å². The molecule has 0 aliphatic carbocycles. The number of carbonyl (C=O) groups is 1. The fourth-order valence-electron chi connectivity index (χ4n) is 3.36. The van der Waals surface area contributed by atoms with Crippen LogP contribution in [0.2, 0.25) is 0 Å². The van der Waals surface area contributed by atoms with Crippen LogP contribution in [0.4, 0.5) is 4.39 Å². The normalized spacial score (nSPS) is 15.0. The molecule has 4 rings (SSSR count). The predicted octanol–water partition coefficient (Wildman–Crippen LogP) is 5.30. The summed E-state index contributed by atoms with van der Waals surface area (Å²) >= 11 is 6.33. The highest BCUT2D eigenvalue weighted by Crippen LogP contribution is 2.29. The summed E-state index contributed by atoms with van der Waals surface area (Å²) < 4.78 is 22.1. The lowest BCUT2D eigenvalue weighted by atomic mass is 10.2. The minimum absolute atomic E-state index is 0.161. The first kappa shape index (κ1) is 20.4. The number of amides is 1. The van der Waals surface area contributed by atoms with Gasteiger partial charge in [-0.2, -0.15) is 0 Å². The van der Waals surface area contributed by atoms with Gasteiger partial charge in [0.25, 0.3) is 5.91 Å². The van der Waals surface area contributed by atoms with Crippen molar-refractivity contribution < 1.29 is 13.9 Å². The number of nitrogens with one attached hydrogen (secondary N) is 1. The molecule has 0 unspecified atom stereocenters. The zero-order chi connectivity index (χ0) is 21.3. The Morgan fingerprint density at radius 1 is 1.17 bits per heavy atom. The lowest BCUT2D eigenvalue weighted by Gasteiger charge is -2.12. The van der Waals surface area contributed by atoms with Crippen molar-refractivity contribution in [3.63, 3.8) is 0 Å². The average molecular weight is 439 g/mol. The number of thioether (sulfide) groups is 1. The van der Waals surface area contributed by atoms with Gasteiger partial charge in [0.1, 0.15) is 22.5 Å². The summed E-state index contributed by atoms with van der Waals surface area (Å²) in [6.45, 7) is 4.20. The Balaban J connectivity index is 1.54. The molecule has 0 atom stereocenters. The van der Waals surface area contributed by atoms with Crippen LogP contribution in [0.15, 0.2) is 59.5 Å². The maximum atomic E-state index is 13.7. The Morgan fingerprint density at radius 3 is 2.57 bits per heavy atom. The van der Waals surface area contributed by atoms with Crippen molar-refractivity contribution >= 4 is 40.3 Å². The van der Waals surface area contributed by atoms with Crippen LogP contribution in [0, 0.1) is 19.7 Å². The standard InChI is InChI=1S/C23H19FN2O2S2/c1-14-11-17(12-21-22(27)25-23(29)30-21)15(2)26(14)18-7-9-19(10-8-18)28-13-16-5-3-4-6-20(16)24/h3-12H,13H2,1-2H3,(H,25,27,29)/b21-12-. The van der Waals surface area contributed by atoms with E-state index in [2.05, 4.69) is 9.88 Å². The number of carbonyl (C=O) groups excluding carboxylic acids is 1. The molecule has 1 saturated heterocycles. The topological polar surface area (TPSA) is 43.3 Å². The third-order valence-electron chi connectivity index (χ3n) is 4.85. The van der Waals surface area contributed by atoms with Crippen molar-refractivity contribution in [2.45, 2.75) is 20.5 Å². The van der Waals surface area contributed by atoms with Gasteiger partial charge in [-0.05, 0) is 61.9 Å². The van der Waals surface area contributed by atoms with Gasteiger partial charge in [-0.3, -0.25) is 4.79 Å². The van der Waals surface area contributed by atoms with E-state index in [-0.39, 0.29) is 18.3 Å². The van der Waals surface area contributed by atoms with E-state index < -0.39 is 0 Å². The lowest BCUT2D eigenvalue weighted by molar-refractivity contribution is -0.115. The van der Waals surface area contributed by atoms with E-state index in [4.69, 9.17) is 17.0 Å². The molecular weight excluding hydrogens is 419 g/mol. The molecule has 0 spiro atoms. The van der Waals surface area contributed by atoms with Crippen molar-refractivity contribution in [1.82, 2.24) is 9.88 Å². The molecule has 3 aromatic rings. The number of benzene rings is 2. The van der Waals surface area contributed by atoms with Crippen molar-refractivity contribution in [1.29, 1.82) is 0 Å². The number of aromatic nitrogens is 1. The van der Waals surface area contributed by atoms with E-state index in [1.54, 1.807) is 18.2 Å². The number of thiocarbonyl (C=S) groups is 1. The molecule has 1 amide bonds. The molecule has 0 saturated carbocycles. The molecule has 1 fully saturated rings. The number of hydrogen-bond acceptors (Lipinski definition) is 4. The number of nitrogens with zero attached hydrogens (tertiary/aromatic N) is 1. The molecule has 4 nitrogen and oxygen atoms in total. The number of aryl methyl sites for hydroxylation is 1. The second-order valence-electron chi connectivity index (χ2n) is 6.89. The molecule has 0 bridgehead atoms. The third-order valence-corrected chi connectivity index (χ3v) is 6.01. The number of ether oxygens (including phenoxy) is 1. The Bertz CT molecular complexity index is 1170. The summed E-state index contributed by atoms with van der Waals surface area (Å²) in [6, 6.07) is 16.3. The molecule has 2 heterocycles. The highest BCUT2D eigenvalue weighted by molar-refractivity contribution is 8.26. The fraction of sp³-hybridized carbons (Fsp3) is 0.130. The van der Waals surface area contributed by atoms with E-state index in [1.807, 2.05) is 50.3 Å². The number of halogens is 1. The average Bonchev–Trinajstić information content (AvgIpc) is 3.19. The van der Waals surface area contributed by atoms with Crippen LogP contribution in [-0.4, -0.2) is 14.8 Å². The molecule has 1 aromatic heterocycles. The number of hydrogen-bond donors (Lipinski definition) is 1. The Hall–Kier alpha value is -2.90. The highest BCUT2D eigenvalue weighted by atomic mass is 32.2. The minimum atomic E-state index is -0.274. The van der Waals surface area contributed by atoms with Gasteiger partial charge in [-0.1, -0.05) is 42.2 Å². The summed E-state index contributed by atoms with van der Waals surface area (Å²) in [5.41, 5.74) is 4.53. The zero-order valence-electron chi connectivity index (χ0n) is 16.4. The minimum Gasteiger partial charge on any atom is -0.489 e. The predicted molar refractivity (Wildman–Crippen MR) is 122 cm³/mol. The molecule has 1 N–H and O–H groups in total. The summed E-state index contributed by atoms with van der Waals surface area (Å²) in [7, 11) is 0. The van der Waals surface area contributed by atoms with Crippen LogP contribution in [-0.2, 0) is 11.4 Å². The van der Waals surface area contributed by atoms with E-state index in [1.165, 1.54) is 17.8 Å². The second-order valence-corrected chi connectivity index (χ2v) is 8.61. The molecule has 0 radical (unpaired) electrons. The van der Waals surface area contributed by atoms with Crippen LogP contribution in [0.3, 0.4) is 0 Å². The SMILES string of the molecule is Cc1cc(/C=C2\SC(=S)NC2=O)c(C)n1-c1ccc(OCc2ccccc2F)cc1. The molecule has 2 aromatic carbocycles.